The minimum absolute atomic E-state index is 0.0891. The van der Waals surface area contributed by atoms with Crippen LogP contribution in [0.1, 0.15) is 51.4 Å². The molecule has 148 valence electrons. The van der Waals surface area contributed by atoms with Gasteiger partial charge in [-0.3, -0.25) is 4.79 Å². The second-order valence-corrected chi connectivity index (χ2v) is 7.30. The minimum atomic E-state index is 0.0891. The normalized spacial score (nSPS) is 11.9. The van der Waals surface area contributed by atoms with Crippen LogP contribution in [0.25, 0.3) is 0 Å². The molecule has 0 unspecified atom stereocenters. The number of methoxy groups -OCH3 is 1. The first-order valence-corrected chi connectivity index (χ1v) is 10.3. The van der Waals surface area contributed by atoms with Gasteiger partial charge in [-0.1, -0.05) is 26.0 Å². The molecule has 1 aromatic heterocycles. The molecule has 0 radical (unpaired) electrons. The number of carbonyl (C=O) groups is 1. The molecule has 0 aliphatic carbocycles. The van der Waals surface area contributed by atoms with Gasteiger partial charge in [0, 0.05) is 43.5 Å². The first kappa shape index (κ1) is 21.2. The van der Waals surface area contributed by atoms with E-state index >= 15 is 0 Å². The smallest absolute Gasteiger partial charge is 0.221 e. The number of benzene rings is 1. The third-order valence-corrected chi connectivity index (χ3v) is 5.27. The van der Waals surface area contributed by atoms with Crippen molar-refractivity contribution in [3.8, 4) is 5.75 Å². The van der Waals surface area contributed by atoms with E-state index in [2.05, 4.69) is 35.4 Å². The molecule has 0 aliphatic rings. The number of hydrogen-bond donors (Lipinski definition) is 1. The summed E-state index contributed by atoms with van der Waals surface area (Å²) in [6, 6.07) is 8.26. The highest BCUT2D eigenvalue weighted by Crippen LogP contribution is 2.23. The summed E-state index contributed by atoms with van der Waals surface area (Å²) in [5.74, 6) is 1.72. The van der Waals surface area contributed by atoms with Crippen molar-refractivity contribution >= 4 is 22.6 Å². The summed E-state index contributed by atoms with van der Waals surface area (Å²) in [5.41, 5.74) is 1.12. The standard InChI is InChI=1S/C20H30N4O2S/c1-5-11-21-19(25)10-12-24(15(3)6-2)20-22-18(23-27-20)14-16-8-7-9-17(13-16)26-4/h7-9,13,15H,5-6,10-12,14H2,1-4H3,(H,21,25)/t15-/m1/s1. The van der Waals surface area contributed by atoms with Crippen molar-refractivity contribution in [2.24, 2.45) is 0 Å². The first-order valence-electron chi connectivity index (χ1n) is 9.56. The fourth-order valence-corrected chi connectivity index (χ4v) is 3.51. The number of ether oxygens (including phenoxy) is 1. The van der Waals surface area contributed by atoms with E-state index in [1.807, 2.05) is 24.3 Å². The summed E-state index contributed by atoms with van der Waals surface area (Å²) < 4.78 is 9.81. The van der Waals surface area contributed by atoms with Crippen LogP contribution in [-0.4, -0.2) is 41.5 Å². The molecule has 0 spiro atoms. The summed E-state index contributed by atoms with van der Waals surface area (Å²) in [4.78, 5) is 18.9. The summed E-state index contributed by atoms with van der Waals surface area (Å²) in [7, 11) is 1.67. The second kappa shape index (κ2) is 10.9. The Morgan fingerprint density at radius 2 is 2.19 bits per heavy atom. The van der Waals surface area contributed by atoms with E-state index < -0.39 is 0 Å². The Balaban J connectivity index is 2.04. The molecule has 1 atom stereocenters. The number of hydrogen-bond acceptors (Lipinski definition) is 6. The molecule has 7 heteroatoms. The Labute approximate surface area is 166 Å². The van der Waals surface area contributed by atoms with Crippen molar-refractivity contribution in [3.05, 3.63) is 35.7 Å². The van der Waals surface area contributed by atoms with E-state index in [9.17, 15) is 4.79 Å². The van der Waals surface area contributed by atoms with Gasteiger partial charge >= 0.3 is 0 Å². The second-order valence-electron chi connectivity index (χ2n) is 6.57. The predicted octanol–water partition coefficient (Wildman–Crippen LogP) is 3.66. The largest absolute Gasteiger partial charge is 0.497 e. The van der Waals surface area contributed by atoms with Crippen LogP contribution in [-0.2, 0) is 11.2 Å². The van der Waals surface area contributed by atoms with Crippen molar-refractivity contribution in [1.82, 2.24) is 14.7 Å². The molecule has 1 amide bonds. The van der Waals surface area contributed by atoms with E-state index in [1.165, 1.54) is 11.5 Å². The fourth-order valence-electron chi connectivity index (χ4n) is 2.70. The number of nitrogens with one attached hydrogen (secondary N) is 1. The zero-order chi connectivity index (χ0) is 19.6. The van der Waals surface area contributed by atoms with Crippen LogP contribution in [0.15, 0.2) is 24.3 Å². The Morgan fingerprint density at radius 3 is 2.89 bits per heavy atom. The quantitative estimate of drug-likeness (QED) is 0.634. The first-order chi connectivity index (χ1) is 13.1. The molecule has 0 bridgehead atoms. The van der Waals surface area contributed by atoms with Gasteiger partial charge in [-0.05, 0) is 37.5 Å². The van der Waals surface area contributed by atoms with Gasteiger partial charge < -0.3 is 15.0 Å². The van der Waals surface area contributed by atoms with Crippen molar-refractivity contribution < 1.29 is 9.53 Å². The van der Waals surface area contributed by atoms with Crippen LogP contribution in [0.4, 0.5) is 5.13 Å². The lowest BCUT2D eigenvalue weighted by Gasteiger charge is -2.27. The van der Waals surface area contributed by atoms with Gasteiger partial charge in [0.15, 0.2) is 0 Å². The Kier molecular flexibility index (Phi) is 8.51. The molecule has 0 saturated carbocycles. The van der Waals surface area contributed by atoms with Gasteiger partial charge in [-0.15, -0.1) is 0 Å². The highest BCUT2D eigenvalue weighted by Gasteiger charge is 2.19. The lowest BCUT2D eigenvalue weighted by molar-refractivity contribution is -0.120. The van der Waals surface area contributed by atoms with E-state index in [0.717, 1.165) is 41.7 Å². The van der Waals surface area contributed by atoms with Crippen molar-refractivity contribution in [2.45, 2.75) is 52.5 Å². The van der Waals surface area contributed by atoms with E-state index in [4.69, 9.17) is 9.72 Å². The predicted molar refractivity (Wildman–Crippen MR) is 111 cm³/mol. The number of rotatable bonds is 11. The molecule has 2 rings (SSSR count). The minimum Gasteiger partial charge on any atom is -0.497 e. The van der Waals surface area contributed by atoms with Gasteiger partial charge in [0.05, 0.1) is 7.11 Å². The van der Waals surface area contributed by atoms with E-state index in [0.29, 0.717) is 25.4 Å². The molecule has 0 saturated heterocycles. The zero-order valence-corrected chi connectivity index (χ0v) is 17.5. The average Bonchev–Trinajstić information content (AvgIpc) is 3.14. The molecular formula is C20H30N4O2S. The fraction of sp³-hybridized carbons (Fsp3) is 0.550. The summed E-state index contributed by atoms with van der Waals surface area (Å²) >= 11 is 1.40. The number of nitrogens with zero attached hydrogens (tertiary/aromatic N) is 3. The molecule has 6 nitrogen and oxygen atoms in total. The molecule has 0 aliphatic heterocycles. The molecule has 1 N–H and O–H groups in total. The molecule has 27 heavy (non-hydrogen) atoms. The Hall–Kier alpha value is -2.15. The molecule has 2 aromatic rings. The number of amides is 1. The van der Waals surface area contributed by atoms with Gasteiger partial charge in [-0.2, -0.15) is 4.37 Å². The lowest BCUT2D eigenvalue weighted by atomic mass is 10.1. The van der Waals surface area contributed by atoms with E-state index in [-0.39, 0.29) is 5.91 Å². The Bertz CT molecular complexity index is 720. The third kappa shape index (κ3) is 6.50. The van der Waals surface area contributed by atoms with Crippen molar-refractivity contribution in [3.63, 3.8) is 0 Å². The Morgan fingerprint density at radius 1 is 1.37 bits per heavy atom. The molecule has 0 fully saturated rings. The van der Waals surface area contributed by atoms with Crippen molar-refractivity contribution in [2.75, 3.05) is 25.1 Å². The maximum atomic E-state index is 12.0. The number of anilines is 1. The average molecular weight is 391 g/mol. The molecular weight excluding hydrogens is 360 g/mol. The monoisotopic (exact) mass is 390 g/mol. The maximum Gasteiger partial charge on any atom is 0.221 e. The summed E-state index contributed by atoms with van der Waals surface area (Å²) in [5, 5.41) is 3.81. The summed E-state index contributed by atoms with van der Waals surface area (Å²) in [6.07, 6.45) is 3.07. The van der Waals surface area contributed by atoms with Crippen molar-refractivity contribution in [1.29, 1.82) is 0 Å². The summed E-state index contributed by atoms with van der Waals surface area (Å²) in [6.45, 7) is 7.74. The third-order valence-electron chi connectivity index (χ3n) is 4.47. The van der Waals surface area contributed by atoms with Gasteiger partial charge in [0.25, 0.3) is 0 Å². The molecule has 1 heterocycles. The van der Waals surface area contributed by atoms with Gasteiger partial charge in [0.2, 0.25) is 11.0 Å². The highest BCUT2D eigenvalue weighted by molar-refractivity contribution is 7.09. The van der Waals surface area contributed by atoms with Gasteiger partial charge in [0.1, 0.15) is 11.6 Å². The number of aromatic nitrogens is 2. The van der Waals surface area contributed by atoms with Crippen LogP contribution in [0, 0.1) is 0 Å². The van der Waals surface area contributed by atoms with Crippen LogP contribution in [0.3, 0.4) is 0 Å². The number of carbonyl (C=O) groups excluding carboxylic acids is 1. The van der Waals surface area contributed by atoms with Crippen LogP contribution < -0.4 is 15.0 Å². The van der Waals surface area contributed by atoms with E-state index in [1.54, 1.807) is 7.11 Å². The van der Waals surface area contributed by atoms with Crippen LogP contribution >= 0.6 is 11.5 Å². The van der Waals surface area contributed by atoms with Crippen LogP contribution in [0.5, 0.6) is 5.75 Å². The maximum absolute atomic E-state index is 12.0. The SMILES string of the molecule is CCCNC(=O)CCN(c1nc(Cc2cccc(OC)c2)ns1)[C@H](C)CC. The lowest BCUT2D eigenvalue weighted by Crippen LogP contribution is -2.36. The highest BCUT2D eigenvalue weighted by atomic mass is 32.1. The molecule has 1 aromatic carbocycles. The van der Waals surface area contributed by atoms with Crippen LogP contribution in [0.2, 0.25) is 0 Å². The van der Waals surface area contributed by atoms with Gasteiger partial charge in [-0.25, -0.2) is 4.98 Å². The zero-order valence-electron chi connectivity index (χ0n) is 16.7. The topological polar surface area (TPSA) is 67.4 Å².